The predicted molar refractivity (Wildman–Crippen MR) is 134 cm³/mol. The zero-order chi connectivity index (χ0) is 24.5. The molecular formula is C29H31FN2O3. The van der Waals surface area contributed by atoms with Crippen LogP contribution in [0.1, 0.15) is 57.1 Å². The number of amides is 2. The highest BCUT2D eigenvalue weighted by Crippen LogP contribution is 2.23. The minimum atomic E-state index is -1.12. The number of ether oxygens (including phenoxy) is 1. The number of alkyl halides is 1. The monoisotopic (exact) mass is 474 g/mol. The van der Waals surface area contributed by atoms with Crippen molar-refractivity contribution in [2.24, 2.45) is 0 Å². The van der Waals surface area contributed by atoms with E-state index in [9.17, 15) is 14.0 Å². The van der Waals surface area contributed by atoms with Gasteiger partial charge >= 0.3 is 0 Å². The van der Waals surface area contributed by atoms with Crippen LogP contribution in [-0.2, 0) is 4.74 Å². The number of nitrogens with zero attached hydrogens (tertiary/aromatic N) is 1. The summed E-state index contributed by atoms with van der Waals surface area (Å²) in [5.74, 6) is -0.446. The third kappa shape index (κ3) is 6.41. The Labute approximate surface area is 205 Å². The molecule has 6 heteroatoms. The number of rotatable bonds is 13. The summed E-state index contributed by atoms with van der Waals surface area (Å²) in [4.78, 5) is 26.1. The first-order valence-electron chi connectivity index (χ1n) is 12.2. The number of halogens is 1. The van der Waals surface area contributed by atoms with E-state index in [1.807, 2.05) is 60.7 Å². The van der Waals surface area contributed by atoms with Crippen molar-refractivity contribution in [3.63, 3.8) is 0 Å². The van der Waals surface area contributed by atoms with Gasteiger partial charge in [0.2, 0.25) is 0 Å². The molecule has 182 valence electrons. The molecule has 3 aromatic carbocycles. The van der Waals surface area contributed by atoms with Crippen molar-refractivity contribution in [1.29, 1.82) is 0 Å². The molecule has 0 radical (unpaired) electrons. The summed E-state index contributed by atoms with van der Waals surface area (Å²) >= 11 is 0. The van der Waals surface area contributed by atoms with Gasteiger partial charge in [-0.1, -0.05) is 72.8 Å². The molecule has 0 fully saturated rings. The molecule has 4 rings (SSSR count). The Bertz CT molecular complexity index is 1030. The van der Waals surface area contributed by atoms with Crippen molar-refractivity contribution >= 4 is 11.8 Å². The van der Waals surface area contributed by atoms with Crippen molar-refractivity contribution in [1.82, 2.24) is 10.2 Å². The summed E-state index contributed by atoms with van der Waals surface area (Å²) in [6.45, 7) is 1.06. The van der Waals surface area contributed by atoms with E-state index in [0.29, 0.717) is 30.7 Å². The Morgan fingerprint density at radius 2 is 1.29 bits per heavy atom. The van der Waals surface area contributed by atoms with Crippen LogP contribution in [-0.4, -0.2) is 49.2 Å². The second-order valence-corrected chi connectivity index (χ2v) is 8.70. The van der Waals surface area contributed by atoms with E-state index in [-0.39, 0.29) is 31.0 Å². The first-order valence-corrected chi connectivity index (χ1v) is 12.2. The molecule has 1 unspecified atom stereocenters. The number of hydrogen-bond acceptors (Lipinski definition) is 4. The fourth-order valence-electron chi connectivity index (χ4n) is 4.33. The van der Waals surface area contributed by atoms with Gasteiger partial charge < -0.3 is 10.1 Å². The van der Waals surface area contributed by atoms with Crippen LogP contribution in [0.3, 0.4) is 0 Å². The number of unbranched alkanes of at least 4 members (excludes halogenated alkanes) is 2. The molecule has 2 amide bonds. The summed E-state index contributed by atoms with van der Waals surface area (Å²) in [5, 5.41) is 3.34. The van der Waals surface area contributed by atoms with Gasteiger partial charge in [-0.2, -0.15) is 0 Å². The molecule has 1 aliphatic rings. The van der Waals surface area contributed by atoms with Crippen molar-refractivity contribution in [2.75, 3.05) is 26.3 Å². The summed E-state index contributed by atoms with van der Waals surface area (Å²) in [7, 11) is 0. The largest absolute Gasteiger partial charge is 0.378 e. The van der Waals surface area contributed by atoms with Crippen LogP contribution in [0.5, 0.6) is 0 Å². The summed E-state index contributed by atoms with van der Waals surface area (Å²) in [5.41, 5.74) is 3.13. The summed E-state index contributed by atoms with van der Waals surface area (Å²) in [6, 6.07) is 26.8. The van der Waals surface area contributed by atoms with E-state index in [1.54, 1.807) is 24.3 Å². The maximum Gasteiger partial charge on any atom is 0.261 e. The fraction of sp³-hybridized carbons (Fsp3) is 0.310. The number of imide groups is 1. The van der Waals surface area contributed by atoms with Crippen LogP contribution in [0.4, 0.5) is 4.39 Å². The van der Waals surface area contributed by atoms with Crippen molar-refractivity contribution in [3.05, 3.63) is 107 Å². The summed E-state index contributed by atoms with van der Waals surface area (Å²) < 4.78 is 20.1. The van der Waals surface area contributed by atoms with E-state index < -0.39 is 6.17 Å². The van der Waals surface area contributed by atoms with E-state index in [1.165, 1.54) is 4.90 Å². The second kappa shape index (κ2) is 12.4. The molecule has 5 nitrogen and oxygen atoms in total. The highest BCUT2D eigenvalue weighted by molar-refractivity contribution is 6.21. The van der Waals surface area contributed by atoms with Crippen LogP contribution in [0.2, 0.25) is 0 Å². The van der Waals surface area contributed by atoms with E-state index in [2.05, 4.69) is 5.32 Å². The Kier molecular flexibility index (Phi) is 8.76. The van der Waals surface area contributed by atoms with Gasteiger partial charge in [0.15, 0.2) is 0 Å². The molecule has 0 saturated carbocycles. The standard InChI is InChI=1S/C29H31FN2O3/c30-24(20-31-27(22-12-4-1-5-13-22)23-14-6-2-7-15-23)21-35-19-11-3-10-18-32-28(33)25-16-8-9-17-26(25)29(32)34/h1-2,4-9,12-17,24,27,31H,3,10-11,18-21H2. The van der Waals surface area contributed by atoms with Crippen LogP contribution in [0, 0.1) is 0 Å². The molecule has 1 atom stereocenters. The first kappa shape index (κ1) is 24.8. The van der Waals surface area contributed by atoms with Gasteiger partial charge in [-0.15, -0.1) is 0 Å². The fourth-order valence-corrected chi connectivity index (χ4v) is 4.33. The Morgan fingerprint density at radius 3 is 1.86 bits per heavy atom. The second-order valence-electron chi connectivity index (χ2n) is 8.70. The number of benzene rings is 3. The lowest BCUT2D eigenvalue weighted by molar-refractivity contribution is 0.0642. The smallest absolute Gasteiger partial charge is 0.261 e. The number of fused-ring (bicyclic) bond motifs is 1. The first-order chi connectivity index (χ1) is 17.1. The Hall–Kier alpha value is -3.35. The van der Waals surface area contributed by atoms with Crippen molar-refractivity contribution in [3.8, 4) is 0 Å². The van der Waals surface area contributed by atoms with Crippen LogP contribution < -0.4 is 5.32 Å². The SMILES string of the molecule is O=C1c2ccccc2C(=O)N1CCCCCOCC(F)CNC(c1ccccc1)c1ccccc1. The van der Waals surface area contributed by atoms with Gasteiger partial charge in [0.25, 0.3) is 11.8 Å². The normalized spacial score (nSPS) is 13.9. The molecule has 35 heavy (non-hydrogen) atoms. The average molecular weight is 475 g/mol. The van der Waals surface area contributed by atoms with Gasteiger partial charge in [0.05, 0.1) is 23.8 Å². The molecule has 0 saturated heterocycles. The van der Waals surface area contributed by atoms with Gasteiger partial charge in [-0.3, -0.25) is 14.5 Å². The molecule has 1 heterocycles. The third-order valence-electron chi connectivity index (χ3n) is 6.16. The van der Waals surface area contributed by atoms with Gasteiger partial charge in [0.1, 0.15) is 6.17 Å². The molecule has 1 aliphatic heterocycles. The molecule has 0 bridgehead atoms. The number of hydrogen-bond donors (Lipinski definition) is 1. The van der Waals surface area contributed by atoms with E-state index in [4.69, 9.17) is 4.74 Å². The lowest BCUT2D eigenvalue weighted by Crippen LogP contribution is -2.31. The third-order valence-corrected chi connectivity index (χ3v) is 6.16. The number of carbonyl (C=O) groups excluding carboxylic acids is 2. The van der Waals surface area contributed by atoms with Crippen LogP contribution >= 0.6 is 0 Å². The zero-order valence-corrected chi connectivity index (χ0v) is 19.7. The van der Waals surface area contributed by atoms with Crippen molar-refractivity contribution < 1.29 is 18.7 Å². The van der Waals surface area contributed by atoms with Crippen molar-refractivity contribution in [2.45, 2.75) is 31.5 Å². The molecule has 0 aromatic heterocycles. The molecular weight excluding hydrogens is 443 g/mol. The maximum atomic E-state index is 14.5. The molecule has 0 spiro atoms. The lowest BCUT2D eigenvalue weighted by atomic mass is 9.98. The van der Waals surface area contributed by atoms with Crippen LogP contribution in [0.25, 0.3) is 0 Å². The van der Waals surface area contributed by atoms with E-state index >= 15 is 0 Å². The summed E-state index contributed by atoms with van der Waals surface area (Å²) in [6.07, 6.45) is 1.13. The Balaban J connectivity index is 1.13. The maximum absolute atomic E-state index is 14.5. The number of carbonyl (C=O) groups is 2. The minimum absolute atomic E-state index is 0.0295. The zero-order valence-electron chi connectivity index (χ0n) is 19.7. The average Bonchev–Trinajstić information content (AvgIpc) is 3.14. The highest BCUT2D eigenvalue weighted by atomic mass is 19.1. The van der Waals surface area contributed by atoms with Gasteiger partial charge in [-0.25, -0.2) is 4.39 Å². The minimum Gasteiger partial charge on any atom is -0.378 e. The Morgan fingerprint density at radius 1 is 0.743 bits per heavy atom. The molecule has 0 aliphatic carbocycles. The quantitative estimate of drug-likeness (QED) is 0.274. The van der Waals surface area contributed by atoms with E-state index in [0.717, 1.165) is 24.0 Å². The van der Waals surface area contributed by atoms with Gasteiger partial charge in [-0.05, 0) is 42.5 Å². The van der Waals surface area contributed by atoms with Gasteiger partial charge in [0, 0.05) is 19.7 Å². The van der Waals surface area contributed by atoms with Crippen LogP contribution in [0.15, 0.2) is 84.9 Å². The molecule has 1 N–H and O–H groups in total. The molecule has 3 aromatic rings. The number of nitrogens with one attached hydrogen (secondary N) is 1. The lowest BCUT2D eigenvalue weighted by Gasteiger charge is -2.21. The topological polar surface area (TPSA) is 58.6 Å². The highest BCUT2D eigenvalue weighted by Gasteiger charge is 2.34. The predicted octanol–water partition coefficient (Wildman–Crippen LogP) is 5.19.